The number of ether oxygens (including phenoxy) is 1. The van der Waals surface area contributed by atoms with Crippen molar-refractivity contribution in [2.45, 2.75) is 44.7 Å². The number of hydrogen-bond donors (Lipinski definition) is 0. The van der Waals surface area contributed by atoms with Gasteiger partial charge in [-0.1, -0.05) is 13.0 Å². The molecule has 114 valence electrons. The number of alkyl halides is 1. The first kappa shape index (κ1) is 14.7. The van der Waals surface area contributed by atoms with Gasteiger partial charge in [0.05, 0.1) is 17.0 Å². The molecule has 3 unspecified atom stereocenters. The Morgan fingerprint density at radius 3 is 2.95 bits per heavy atom. The van der Waals surface area contributed by atoms with Crippen molar-refractivity contribution in [2.75, 3.05) is 6.61 Å². The quantitative estimate of drug-likeness (QED) is 0.809. The van der Waals surface area contributed by atoms with E-state index in [1.165, 1.54) is 0 Å². The minimum absolute atomic E-state index is 0.114. The predicted octanol–water partition coefficient (Wildman–Crippen LogP) is 3.71. The van der Waals surface area contributed by atoms with E-state index in [-0.39, 0.29) is 17.2 Å². The summed E-state index contributed by atoms with van der Waals surface area (Å²) in [7, 11) is 0. The minimum atomic E-state index is -0.314. The normalized spacial score (nSPS) is 23.8. The Hall–Kier alpha value is -1.26. The molecule has 1 aliphatic rings. The molecule has 0 aliphatic carbocycles. The van der Waals surface area contributed by atoms with Gasteiger partial charge in [-0.2, -0.15) is 0 Å². The van der Waals surface area contributed by atoms with Crippen LogP contribution in [0, 0.1) is 5.92 Å². The monoisotopic (exact) mass is 309 g/mol. The van der Waals surface area contributed by atoms with Crippen molar-refractivity contribution in [3.05, 3.63) is 34.3 Å². The summed E-state index contributed by atoms with van der Waals surface area (Å²) in [5, 5.41) is -0.114. The van der Waals surface area contributed by atoms with Gasteiger partial charge >= 0.3 is 5.76 Å². The van der Waals surface area contributed by atoms with E-state index in [1.54, 1.807) is 4.57 Å². The first-order valence-electron chi connectivity index (χ1n) is 7.54. The zero-order valence-corrected chi connectivity index (χ0v) is 13.1. The van der Waals surface area contributed by atoms with Gasteiger partial charge < -0.3 is 9.15 Å². The lowest BCUT2D eigenvalue weighted by Crippen LogP contribution is -2.19. The zero-order chi connectivity index (χ0) is 15.0. The highest BCUT2D eigenvalue weighted by Crippen LogP contribution is 2.39. The fourth-order valence-corrected chi connectivity index (χ4v) is 3.65. The van der Waals surface area contributed by atoms with Crippen LogP contribution < -0.4 is 5.76 Å². The predicted molar refractivity (Wildman–Crippen MR) is 82.9 cm³/mol. The lowest BCUT2D eigenvalue weighted by Gasteiger charge is -2.22. The van der Waals surface area contributed by atoms with Crippen LogP contribution in [0.1, 0.15) is 37.6 Å². The molecule has 5 heteroatoms. The van der Waals surface area contributed by atoms with Crippen molar-refractivity contribution >= 4 is 22.7 Å². The topological polar surface area (TPSA) is 44.4 Å². The Morgan fingerprint density at radius 2 is 2.24 bits per heavy atom. The molecule has 2 heterocycles. The van der Waals surface area contributed by atoms with Gasteiger partial charge in [-0.3, -0.25) is 4.57 Å². The van der Waals surface area contributed by atoms with Crippen LogP contribution in [0.5, 0.6) is 0 Å². The summed E-state index contributed by atoms with van der Waals surface area (Å²) in [6, 6.07) is 5.81. The molecule has 0 N–H and O–H groups in total. The van der Waals surface area contributed by atoms with E-state index in [4.69, 9.17) is 20.8 Å². The number of benzene rings is 1. The second-order valence-electron chi connectivity index (χ2n) is 5.51. The van der Waals surface area contributed by atoms with Gasteiger partial charge in [-0.05, 0) is 37.5 Å². The van der Waals surface area contributed by atoms with Crippen LogP contribution in [0.3, 0.4) is 0 Å². The van der Waals surface area contributed by atoms with E-state index in [2.05, 4.69) is 6.92 Å². The van der Waals surface area contributed by atoms with Crippen LogP contribution >= 0.6 is 11.6 Å². The molecule has 1 fully saturated rings. The lowest BCUT2D eigenvalue weighted by atomic mass is 9.91. The largest absolute Gasteiger partial charge is 0.419 e. The molecule has 0 saturated carbocycles. The molecule has 0 amide bonds. The van der Waals surface area contributed by atoms with Gasteiger partial charge in [0.25, 0.3) is 0 Å². The molecule has 4 nitrogen and oxygen atoms in total. The van der Waals surface area contributed by atoms with Crippen molar-refractivity contribution in [3.63, 3.8) is 0 Å². The van der Waals surface area contributed by atoms with Crippen LogP contribution in [-0.2, 0) is 11.3 Å². The molecular formula is C16H20ClNO3. The number of rotatable bonds is 4. The minimum Gasteiger partial charge on any atom is -0.408 e. The van der Waals surface area contributed by atoms with Crippen LogP contribution in [0.25, 0.3) is 11.1 Å². The van der Waals surface area contributed by atoms with Crippen LogP contribution in [0.15, 0.2) is 27.4 Å². The maximum Gasteiger partial charge on any atom is 0.419 e. The molecule has 3 rings (SSSR count). The third kappa shape index (κ3) is 2.51. The summed E-state index contributed by atoms with van der Waals surface area (Å²) in [4.78, 5) is 11.7. The Bertz CT molecular complexity index is 690. The van der Waals surface area contributed by atoms with E-state index in [9.17, 15) is 4.79 Å². The van der Waals surface area contributed by atoms with Crippen molar-refractivity contribution in [1.82, 2.24) is 4.57 Å². The molecule has 3 atom stereocenters. The van der Waals surface area contributed by atoms with E-state index in [0.717, 1.165) is 30.5 Å². The molecule has 1 aromatic carbocycles. The fraction of sp³-hybridized carbons (Fsp3) is 0.562. The SMILES string of the molecule is CCC1OCCC1C(Cl)c1ccc2c(c1)oc(=O)n2CC. The highest BCUT2D eigenvalue weighted by atomic mass is 35.5. The Balaban J connectivity index is 1.95. The van der Waals surface area contributed by atoms with Gasteiger partial charge in [0, 0.05) is 19.1 Å². The van der Waals surface area contributed by atoms with Crippen LogP contribution in [0.2, 0.25) is 0 Å². The molecule has 1 aliphatic heterocycles. The number of aryl methyl sites for hydroxylation is 1. The number of hydrogen-bond acceptors (Lipinski definition) is 3. The summed E-state index contributed by atoms with van der Waals surface area (Å²) in [5.41, 5.74) is 2.43. The third-order valence-corrected chi connectivity index (χ3v) is 4.94. The molecule has 2 aromatic rings. The molecule has 1 saturated heterocycles. The fourth-order valence-electron chi connectivity index (χ4n) is 3.22. The highest BCUT2D eigenvalue weighted by Gasteiger charge is 2.33. The second kappa shape index (κ2) is 5.85. The number of aromatic nitrogens is 1. The number of fused-ring (bicyclic) bond motifs is 1. The summed E-state index contributed by atoms with van der Waals surface area (Å²) in [5.74, 6) is 0.000469. The summed E-state index contributed by atoms with van der Waals surface area (Å²) in [6.45, 7) is 5.42. The average Bonchev–Trinajstić information content (AvgIpc) is 3.08. The van der Waals surface area contributed by atoms with E-state index in [0.29, 0.717) is 18.0 Å². The first-order chi connectivity index (χ1) is 10.2. The second-order valence-corrected chi connectivity index (χ2v) is 5.98. The van der Waals surface area contributed by atoms with E-state index in [1.807, 2.05) is 25.1 Å². The zero-order valence-electron chi connectivity index (χ0n) is 12.3. The van der Waals surface area contributed by atoms with E-state index >= 15 is 0 Å². The summed E-state index contributed by atoms with van der Waals surface area (Å²) in [6.07, 6.45) is 2.16. The summed E-state index contributed by atoms with van der Waals surface area (Å²) >= 11 is 6.66. The highest BCUT2D eigenvalue weighted by molar-refractivity contribution is 6.21. The average molecular weight is 310 g/mol. The van der Waals surface area contributed by atoms with Gasteiger partial charge in [-0.15, -0.1) is 11.6 Å². The third-order valence-electron chi connectivity index (χ3n) is 4.37. The van der Waals surface area contributed by atoms with Crippen molar-refractivity contribution in [1.29, 1.82) is 0 Å². The molecule has 21 heavy (non-hydrogen) atoms. The standard InChI is InChI=1S/C16H20ClNO3/c1-3-13-11(7-8-20-13)15(17)10-5-6-12-14(9-10)21-16(19)18(12)4-2/h5-6,9,11,13,15H,3-4,7-8H2,1-2H3. The Morgan fingerprint density at radius 1 is 1.43 bits per heavy atom. The van der Waals surface area contributed by atoms with Crippen LogP contribution in [-0.4, -0.2) is 17.3 Å². The Kier molecular flexibility index (Phi) is 4.09. The van der Waals surface area contributed by atoms with Gasteiger partial charge in [0.15, 0.2) is 5.58 Å². The maximum atomic E-state index is 11.7. The molecular weight excluding hydrogens is 290 g/mol. The van der Waals surface area contributed by atoms with Crippen molar-refractivity contribution in [2.24, 2.45) is 5.92 Å². The smallest absolute Gasteiger partial charge is 0.408 e. The molecule has 1 aromatic heterocycles. The molecule has 0 spiro atoms. The Labute approximate surface area is 128 Å². The van der Waals surface area contributed by atoms with Crippen molar-refractivity contribution < 1.29 is 9.15 Å². The number of oxazole rings is 1. The molecule has 0 radical (unpaired) electrons. The van der Waals surface area contributed by atoms with Gasteiger partial charge in [0.1, 0.15) is 0 Å². The number of halogens is 1. The van der Waals surface area contributed by atoms with Gasteiger partial charge in [-0.25, -0.2) is 4.79 Å². The maximum absolute atomic E-state index is 11.7. The van der Waals surface area contributed by atoms with Crippen molar-refractivity contribution in [3.8, 4) is 0 Å². The van der Waals surface area contributed by atoms with Crippen LogP contribution in [0.4, 0.5) is 0 Å². The first-order valence-corrected chi connectivity index (χ1v) is 7.98. The lowest BCUT2D eigenvalue weighted by molar-refractivity contribution is 0.0864. The van der Waals surface area contributed by atoms with E-state index < -0.39 is 0 Å². The summed E-state index contributed by atoms with van der Waals surface area (Å²) < 4.78 is 12.7. The molecule has 0 bridgehead atoms. The van der Waals surface area contributed by atoms with Gasteiger partial charge in [0.2, 0.25) is 0 Å². The number of nitrogens with zero attached hydrogens (tertiary/aromatic N) is 1.